The van der Waals surface area contributed by atoms with Crippen LogP contribution in [0, 0.1) is 0 Å². The lowest BCUT2D eigenvalue weighted by Gasteiger charge is -2.16. The van der Waals surface area contributed by atoms with Gasteiger partial charge in [0.2, 0.25) is 5.91 Å². The zero-order valence-electron chi connectivity index (χ0n) is 11.4. The largest absolute Gasteiger partial charge is 0.345 e. The molecule has 112 valence electrons. The third kappa shape index (κ3) is 4.10. The highest BCUT2D eigenvalue weighted by Crippen LogP contribution is 2.18. The first-order valence-electron chi connectivity index (χ1n) is 6.12. The molecule has 0 aliphatic heterocycles. The standard InChI is InChI=1S/C13H18N4O.2ClH/c1-3-9(17-13(18)8(2)14)12-15-10-6-4-5-7-11(10)16-12;;/h4-9H,3,14H2,1-2H3,(H,15,16)(H,17,18);2*1H/t8-,9?;;/m1../s1. The number of benzene rings is 1. The van der Waals surface area contributed by atoms with Crippen LogP contribution >= 0.6 is 24.8 Å². The van der Waals surface area contributed by atoms with Crippen LogP contribution in [-0.2, 0) is 4.79 Å². The van der Waals surface area contributed by atoms with E-state index in [1.807, 2.05) is 31.2 Å². The van der Waals surface area contributed by atoms with Crippen LogP contribution in [0.2, 0.25) is 0 Å². The van der Waals surface area contributed by atoms with Crippen molar-refractivity contribution in [1.82, 2.24) is 15.3 Å². The summed E-state index contributed by atoms with van der Waals surface area (Å²) in [7, 11) is 0. The molecule has 0 aliphatic carbocycles. The predicted octanol–water partition coefficient (Wildman–Crippen LogP) is 2.32. The van der Waals surface area contributed by atoms with E-state index in [1.165, 1.54) is 0 Å². The predicted molar refractivity (Wildman–Crippen MR) is 85.4 cm³/mol. The van der Waals surface area contributed by atoms with E-state index in [2.05, 4.69) is 15.3 Å². The molecule has 2 rings (SSSR count). The Labute approximate surface area is 130 Å². The quantitative estimate of drug-likeness (QED) is 0.808. The summed E-state index contributed by atoms with van der Waals surface area (Å²) in [5.74, 6) is 0.606. The molecule has 4 N–H and O–H groups in total. The van der Waals surface area contributed by atoms with Gasteiger partial charge in [-0.15, -0.1) is 24.8 Å². The molecule has 1 amide bonds. The number of nitrogens with zero attached hydrogens (tertiary/aromatic N) is 1. The van der Waals surface area contributed by atoms with Crippen molar-refractivity contribution in [3.63, 3.8) is 0 Å². The van der Waals surface area contributed by atoms with Crippen LogP contribution in [0.25, 0.3) is 11.0 Å². The van der Waals surface area contributed by atoms with Gasteiger partial charge in [-0.2, -0.15) is 0 Å². The Hall–Kier alpha value is -1.30. The number of para-hydroxylation sites is 2. The van der Waals surface area contributed by atoms with Crippen LogP contribution in [0.3, 0.4) is 0 Å². The fourth-order valence-electron chi connectivity index (χ4n) is 1.80. The van der Waals surface area contributed by atoms with Gasteiger partial charge in [0.05, 0.1) is 23.1 Å². The Morgan fingerprint density at radius 1 is 1.40 bits per heavy atom. The summed E-state index contributed by atoms with van der Waals surface area (Å²) in [6.45, 7) is 3.67. The third-order valence-corrected chi connectivity index (χ3v) is 2.88. The summed E-state index contributed by atoms with van der Waals surface area (Å²) in [6.07, 6.45) is 0.762. The minimum absolute atomic E-state index is 0. The van der Waals surface area contributed by atoms with Gasteiger partial charge in [0, 0.05) is 0 Å². The molecule has 0 saturated heterocycles. The van der Waals surface area contributed by atoms with E-state index in [-0.39, 0.29) is 36.8 Å². The van der Waals surface area contributed by atoms with Crippen molar-refractivity contribution in [1.29, 1.82) is 0 Å². The first kappa shape index (κ1) is 18.7. The number of nitrogens with two attached hydrogens (primary N) is 1. The van der Waals surface area contributed by atoms with E-state index in [1.54, 1.807) is 6.92 Å². The van der Waals surface area contributed by atoms with Gasteiger partial charge in [-0.25, -0.2) is 4.98 Å². The molecule has 1 aromatic heterocycles. The number of hydrogen-bond acceptors (Lipinski definition) is 3. The molecule has 7 heteroatoms. The van der Waals surface area contributed by atoms with Crippen LogP contribution < -0.4 is 11.1 Å². The van der Waals surface area contributed by atoms with Crippen LogP contribution in [0.1, 0.15) is 32.1 Å². The molecule has 2 aromatic rings. The first-order valence-corrected chi connectivity index (χ1v) is 6.12. The van der Waals surface area contributed by atoms with Crippen molar-refractivity contribution in [3.05, 3.63) is 30.1 Å². The normalized spacial score (nSPS) is 12.9. The zero-order valence-corrected chi connectivity index (χ0v) is 13.1. The molecule has 0 spiro atoms. The number of rotatable bonds is 4. The van der Waals surface area contributed by atoms with Crippen molar-refractivity contribution in [2.75, 3.05) is 0 Å². The summed E-state index contributed by atoms with van der Waals surface area (Å²) >= 11 is 0. The SMILES string of the molecule is CCC(NC(=O)[C@@H](C)N)c1nc2ccccc2[nH]1.Cl.Cl. The van der Waals surface area contributed by atoms with Gasteiger partial charge in [0.1, 0.15) is 5.82 Å². The van der Waals surface area contributed by atoms with Gasteiger partial charge in [0.25, 0.3) is 0 Å². The van der Waals surface area contributed by atoms with E-state index < -0.39 is 6.04 Å². The number of carbonyl (C=O) groups is 1. The van der Waals surface area contributed by atoms with E-state index in [9.17, 15) is 4.79 Å². The summed E-state index contributed by atoms with van der Waals surface area (Å²) < 4.78 is 0. The molecule has 1 unspecified atom stereocenters. The first-order chi connectivity index (χ1) is 8.61. The zero-order chi connectivity index (χ0) is 13.1. The fourth-order valence-corrected chi connectivity index (χ4v) is 1.80. The number of nitrogens with one attached hydrogen (secondary N) is 2. The number of fused-ring (bicyclic) bond motifs is 1. The Kier molecular flexibility index (Phi) is 7.57. The second kappa shape index (κ2) is 8.09. The van der Waals surface area contributed by atoms with Gasteiger partial charge in [-0.05, 0) is 25.5 Å². The lowest BCUT2D eigenvalue weighted by molar-refractivity contribution is -0.122. The lowest BCUT2D eigenvalue weighted by atomic mass is 10.2. The lowest BCUT2D eigenvalue weighted by Crippen LogP contribution is -2.40. The average molecular weight is 319 g/mol. The Morgan fingerprint density at radius 3 is 2.60 bits per heavy atom. The second-order valence-corrected chi connectivity index (χ2v) is 4.40. The summed E-state index contributed by atoms with van der Waals surface area (Å²) in [5.41, 5.74) is 7.43. The third-order valence-electron chi connectivity index (χ3n) is 2.88. The highest BCUT2D eigenvalue weighted by molar-refractivity contribution is 5.85. The minimum atomic E-state index is -0.511. The van der Waals surface area contributed by atoms with E-state index in [0.29, 0.717) is 0 Å². The average Bonchev–Trinajstić information content (AvgIpc) is 2.78. The topological polar surface area (TPSA) is 83.8 Å². The van der Waals surface area contributed by atoms with E-state index >= 15 is 0 Å². The number of aromatic amines is 1. The van der Waals surface area contributed by atoms with Crippen LogP contribution in [0.4, 0.5) is 0 Å². The molecule has 0 radical (unpaired) electrons. The fraction of sp³-hybridized carbons (Fsp3) is 0.385. The van der Waals surface area contributed by atoms with E-state index in [0.717, 1.165) is 23.3 Å². The van der Waals surface area contributed by atoms with Gasteiger partial charge in [-0.3, -0.25) is 4.79 Å². The molecule has 0 fully saturated rings. The van der Waals surface area contributed by atoms with Gasteiger partial charge in [0.15, 0.2) is 0 Å². The Morgan fingerprint density at radius 2 is 2.05 bits per heavy atom. The Bertz CT molecular complexity index is 523. The monoisotopic (exact) mass is 318 g/mol. The van der Waals surface area contributed by atoms with Crippen molar-refractivity contribution >= 4 is 41.8 Å². The van der Waals surface area contributed by atoms with Crippen LogP contribution in [0.15, 0.2) is 24.3 Å². The highest BCUT2D eigenvalue weighted by atomic mass is 35.5. The highest BCUT2D eigenvalue weighted by Gasteiger charge is 2.18. The van der Waals surface area contributed by atoms with Gasteiger partial charge < -0.3 is 16.0 Å². The molecule has 0 saturated carbocycles. The second-order valence-electron chi connectivity index (χ2n) is 4.40. The summed E-state index contributed by atoms with van der Waals surface area (Å²) in [5, 5.41) is 2.89. The van der Waals surface area contributed by atoms with Crippen molar-refractivity contribution in [2.24, 2.45) is 5.73 Å². The molecular formula is C13H20Cl2N4O. The van der Waals surface area contributed by atoms with Crippen molar-refractivity contribution in [2.45, 2.75) is 32.4 Å². The number of amides is 1. The van der Waals surface area contributed by atoms with Crippen molar-refractivity contribution in [3.8, 4) is 0 Å². The molecule has 0 aliphatic rings. The number of hydrogen-bond donors (Lipinski definition) is 3. The van der Waals surface area contributed by atoms with Gasteiger partial charge in [-0.1, -0.05) is 19.1 Å². The maximum absolute atomic E-state index is 11.6. The number of carbonyl (C=O) groups excluding carboxylic acids is 1. The summed E-state index contributed by atoms with van der Waals surface area (Å²) in [4.78, 5) is 19.3. The van der Waals surface area contributed by atoms with Crippen LogP contribution in [-0.4, -0.2) is 21.9 Å². The molecule has 20 heavy (non-hydrogen) atoms. The molecule has 1 aromatic carbocycles. The number of halogens is 2. The number of imidazole rings is 1. The Balaban J connectivity index is 0.00000180. The summed E-state index contributed by atoms with van der Waals surface area (Å²) in [6, 6.07) is 7.15. The smallest absolute Gasteiger partial charge is 0.237 e. The van der Waals surface area contributed by atoms with Crippen molar-refractivity contribution < 1.29 is 4.79 Å². The van der Waals surface area contributed by atoms with Crippen LogP contribution in [0.5, 0.6) is 0 Å². The molecule has 2 atom stereocenters. The molecule has 1 heterocycles. The van der Waals surface area contributed by atoms with Gasteiger partial charge >= 0.3 is 0 Å². The minimum Gasteiger partial charge on any atom is -0.345 e. The van der Waals surface area contributed by atoms with E-state index in [4.69, 9.17) is 5.73 Å². The number of H-pyrrole nitrogens is 1. The molecule has 0 bridgehead atoms. The number of aromatic nitrogens is 2. The molecule has 5 nitrogen and oxygen atoms in total. The molecular weight excluding hydrogens is 299 g/mol. The maximum atomic E-state index is 11.6. The maximum Gasteiger partial charge on any atom is 0.237 e.